The van der Waals surface area contributed by atoms with E-state index in [4.69, 9.17) is 23.2 Å². The molecule has 0 saturated carbocycles. The Labute approximate surface area is 138 Å². The molecule has 0 amide bonds. The molecule has 1 aromatic carbocycles. The van der Waals surface area contributed by atoms with Crippen LogP contribution in [0, 0.1) is 6.92 Å². The first-order chi connectivity index (χ1) is 9.56. The van der Waals surface area contributed by atoms with Gasteiger partial charge in [0, 0.05) is 22.8 Å². The van der Waals surface area contributed by atoms with Crippen molar-refractivity contribution in [1.82, 2.24) is 9.78 Å². The monoisotopic (exact) mass is 374 g/mol. The first-order valence-corrected chi connectivity index (χ1v) is 8.30. The molecule has 2 rings (SSSR count). The summed E-state index contributed by atoms with van der Waals surface area (Å²) in [4.78, 5) is 0. The SMILES string of the molecule is CCn1nc(C)c(Cl)c1CC(CCl)c1cccc(Br)c1. The Morgan fingerprint density at radius 2 is 2.15 bits per heavy atom. The quantitative estimate of drug-likeness (QED) is 0.657. The van der Waals surface area contributed by atoms with Crippen molar-refractivity contribution in [3.63, 3.8) is 0 Å². The molecule has 1 heterocycles. The van der Waals surface area contributed by atoms with Crippen LogP contribution >= 0.6 is 39.1 Å². The Hall–Kier alpha value is -0.510. The molecule has 0 bridgehead atoms. The smallest absolute Gasteiger partial charge is 0.0847 e. The highest BCUT2D eigenvalue weighted by Gasteiger charge is 2.19. The molecule has 0 saturated heterocycles. The van der Waals surface area contributed by atoms with Crippen molar-refractivity contribution in [2.45, 2.75) is 32.7 Å². The lowest BCUT2D eigenvalue weighted by Gasteiger charge is -2.16. The summed E-state index contributed by atoms with van der Waals surface area (Å²) in [6, 6.07) is 8.26. The van der Waals surface area contributed by atoms with Crippen LogP contribution in [0.4, 0.5) is 0 Å². The van der Waals surface area contributed by atoms with E-state index in [1.54, 1.807) is 0 Å². The molecule has 0 fully saturated rings. The van der Waals surface area contributed by atoms with Gasteiger partial charge < -0.3 is 0 Å². The topological polar surface area (TPSA) is 17.8 Å². The summed E-state index contributed by atoms with van der Waals surface area (Å²) < 4.78 is 3.03. The zero-order chi connectivity index (χ0) is 14.7. The Morgan fingerprint density at radius 1 is 1.40 bits per heavy atom. The van der Waals surface area contributed by atoms with Crippen molar-refractivity contribution >= 4 is 39.1 Å². The van der Waals surface area contributed by atoms with Crippen LogP contribution in [0.3, 0.4) is 0 Å². The molecule has 5 heteroatoms. The van der Waals surface area contributed by atoms with Gasteiger partial charge in [0.25, 0.3) is 0 Å². The number of benzene rings is 1. The number of aromatic nitrogens is 2. The number of aryl methyl sites for hydroxylation is 2. The van der Waals surface area contributed by atoms with Crippen molar-refractivity contribution in [2.75, 3.05) is 5.88 Å². The highest BCUT2D eigenvalue weighted by Crippen LogP contribution is 2.29. The van der Waals surface area contributed by atoms with Gasteiger partial charge in [-0.15, -0.1) is 11.6 Å². The fourth-order valence-corrected chi connectivity index (χ4v) is 3.24. The molecule has 108 valence electrons. The van der Waals surface area contributed by atoms with E-state index in [9.17, 15) is 0 Å². The summed E-state index contributed by atoms with van der Waals surface area (Å²) >= 11 is 16.1. The summed E-state index contributed by atoms with van der Waals surface area (Å²) in [5.74, 6) is 0.786. The summed E-state index contributed by atoms with van der Waals surface area (Å²) in [5.41, 5.74) is 3.16. The fourth-order valence-electron chi connectivity index (χ4n) is 2.32. The molecule has 0 aliphatic carbocycles. The van der Waals surface area contributed by atoms with E-state index >= 15 is 0 Å². The van der Waals surface area contributed by atoms with Gasteiger partial charge in [0.2, 0.25) is 0 Å². The first-order valence-electron chi connectivity index (χ1n) is 6.60. The molecule has 0 aliphatic heterocycles. The third-order valence-corrected chi connectivity index (χ3v) is 4.76. The van der Waals surface area contributed by atoms with Crippen LogP contribution in [-0.2, 0) is 13.0 Å². The predicted octanol–water partition coefficient (Wildman–Crippen LogP) is 5.19. The lowest BCUT2D eigenvalue weighted by Crippen LogP contribution is -2.10. The molecule has 0 N–H and O–H groups in total. The van der Waals surface area contributed by atoms with Gasteiger partial charge in [0.1, 0.15) is 0 Å². The van der Waals surface area contributed by atoms with Crippen LogP contribution in [0.5, 0.6) is 0 Å². The van der Waals surface area contributed by atoms with Gasteiger partial charge in [-0.2, -0.15) is 5.10 Å². The van der Waals surface area contributed by atoms with E-state index < -0.39 is 0 Å². The average Bonchev–Trinajstić information content (AvgIpc) is 2.71. The molecular formula is C15H17BrCl2N2. The summed E-state index contributed by atoms with van der Waals surface area (Å²) in [6.45, 7) is 4.82. The summed E-state index contributed by atoms with van der Waals surface area (Å²) in [7, 11) is 0. The minimum Gasteiger partial charge on any atom is -0.268 e. The van der Waals surface area contributed by atoms with E-state index in [1.165, 1.54) is 5.56 Å². The predicted molar refractivity (Wildman–Crippen MR) is 89.0 cm³/mol. The minimum absolute atomic E-state index is 0.230. The molecule has 0 spiro atoms. The lowest BCUT2D eigenvalue weighted by atomic mass is 9.96. The fraction of sp³-hybridized carbons (Fsp3) is 0.400. The second kappa shape index (κ2) is 6.97. The molecule has 1 unspecified atom stereocenters. The number of nitrogens with zero attached hydrogens (tertiary/aromatic N) is 2. The lowest BCUT2D eigenvalue weighted by molar-refractivity contribution is 0.595. The highest BCUT2D eigenvalue weighted by molar-refractivity contribution is 9.10. The number of hydrogen-bond donors (Lipinski definition) is 0. The number of rotatable bonds is 5. The minimum atomic E-state index is 0.230. The summed E-state index contributed by atoms with van der Waals surface area (Å²) in [5, 5.41) is 5.22. The second-order valence-electron chi connectivity index (χ2n) is 4.77. The van der Waals surface area contributed by atoms with Crippen LogP contribution in [0.15, 0.2) is 28.7 Å². The largest absolute Gasteiger partial charge is 0.268 e. The normalized spacial score (nSPS) is 12.7. The van der Waals surface area contributed by atoms with Crippen molar-refractivity contribution < 1.29 is 0 Å². The Bertz CT molecular complexity index is 596. The molecule has 1 atom stereocenters. The second-order valence-corrected chi connectivity index (χ2v) is 6.37. The van der Waals surface area contributed by atoms with E-state index in [0.29, 0.717) is 5.88 Å². The van der Waals surface area contributed by atoms with Crippen molar-refractivity contribution in [1.29, 1.82) is 0 Å². The van der Waals surface area contributed by atoms with Crippen LogP contribution in [0.25, 0.3) is 0 Å². The Kier molecular flexibility index (Phi) is 5.53. The Balaban J connectivity index is 2.31. The Morgan fingerprint density at radius 3 is 2.75 bits per heavy atom. The van der Waals surface area contributed by atoms with Crippen LogP contribution in [0.2, 0.25) is 5.02 Å². The number of hydrogen-bond acceptors (Lipinski definition) is 1. The van der Waals surface area contributed by atoms with E-state index in [2.05, 4.69) is 40.1 Å². The van der Waals surface area contributed by atoms with Crippen molar-refractivity contribution in [3.05, 3.63) is 50.7 Å². The number of alkyl halides is 1. The van der Waals surface area contributed by atoms with Gasteiger partial charge in [-0.3, -0.25) is 4.68 Å². The highest BCUT2D eigenvalue weighted by atomic mass is 79.9. The van der Waals surface area contributed by atoms with Gasteiger partial charge >= 0.3 is 0 Å². The van der Waals surface area contributed by atoms with Gasteiger partial charge in [-0.25, -0.2) is 0 Å². The van der Waals surface area contributed by atoms with Gasteiger partial charge in [-0.1, -0.05) is 39.7 Å². The average molecular weight is 376 g/mol. The van der Waals surface area contributed by atoms with E-state index in [1.807, 2.05) is 23.7 Å². The van der Waals surface area contributed by atoms with Gasteiger partial charge in [0.15, 0.2) is 0 Å². The zero-order valence-electron chi connectivity index (χ0n) is 11.5. The van der Waals surface area contributed by atoms with Crippen LogP contribution < -0.4 is 0 Å². The molecule has 0 aliphatic rings. The molecule has 2 aromatic rings. The third kappa shape index (κ3) is 3.38. The molecule has 0 radical (unpaired) electrons. The number of halogens is 3. The molecule has 20 heavy (non-hydrogen) atoms. The third-order valence-electron chi connectivity index (χ3n) is 3.40. The van der Waals surface area contributed by atoms with Crippen molar-refractivity contribution in [3.8, 4) is 0 Å². The summed E-state index contributed by atoms with van der Waals surface area (Å²) in [6.07, 6.45) is 0.799. The zero-order valence-corrected chi connectivity index (χ0v) is 14.6. The maximum Gasteiger partial charge on any atom is 0.0847 e. The standard InChI is InChI=1S/C15H17BrCl2N2/c1-3-20-14(15(18)10(2)19-20)8-12(9-17)11-5-4-6-13(16)7-11/h4-7,12H,3,8-9H2,1-2H3. The van der Waals surface area contributed by atoms with E-state index in [-0.39, 0.29) is 5.92 Å². The van der Waals surface area contributed by atoms with Gasteiger partial charge in [-0.05, 0) is 38.0 Å². The maximum atomic E-state index is 6.38. The van der Waals surface area contributed by atoms with Crippen molar-refractivity contribution in [2.24, 2.45) is 0 Å². The molecule has 1 aromatic heterocycles. The van der Waals surface area contributed by atoms with Crippen LogP contribution in [0.1, 0.15) is 29.8 Å². The molecular weight excluding hydrogens is 359 g/mol. The first kappa shape index (κ1) is 15.9. The van der Waals surface area contributed by atoms with Crippen LogP contribution in [-0.4, -0.2) is 15.7 Å². The molecule has 2 nitrogen and oxygen atoms in total. The maximum absolute atomic E-state index is 6.38. The van der Waals surface area contributed by atoms with Gasteiger partial charge in [0.05, 0.1) is 16.4 Å². The van der Waals surface area contributed by atoms with E-state index in [0.717, 1.165) is 33.8 Å².